The number of benzene rings is 3. The van der Waals surface area contributed by atoms with Gasteiger partial charge in [-0.1, -0.05) is 42.5 Å². The van der Waals surface area contributed by atoms with Crippen LogP contribution in [0.4, 0.5) is 10.1 Å². The van der Waals surface area contributed by atoms with Crippen LogP contribution in [-0.2, 0) is 10.0 Å². The molecular formula is C20H17FN2O3S. The number of amides is 1. The van der Waals surface area contributed by atoms with Crippen LogP contribution in [0.5, 0.6) is 0 Å². The van der Waals surface area contributed by atoms with Crippen LogP contribution in [-0.4, -0.2) is 14.3 Å². The van der Waals surface area contributed by atoms with E-state index in [2.05, 4.69) is 5.32 Å². The molecule has 3 rings (SSSR count). The fraction of sp³-hybridized carbons (Fsp3) is 0.0500. The maximum atomic E-state index is 14.4. The van der Waals surface area contributed by atoms with Crippen molar-refractivity contribution in [1.82, 2.24) is 0 Å². The van der Waals surface area contributed by atoms with Gasteiger partial charge in [-0.05, 0) is 47.9 Å². The van der Waals surface area contributed by atoms with E-state index in [-0.39, 0.29) is 16.1 Å². The van der Waals surface area contributed by atoms with Gasteiger partial charge in [0.25, 0.3) is 5.91 Å². The van der Waals surface area contributed by atoms with E-state index in [0.717, 1.165) is 5.56 Å². The third-order valence-electron chi connectivity index (χ3n) is 4.07. The second-order valence-electron chi connectivity index (χ2n) is 6.04. The van der Waals surface area contributed by atoms with Crippen molar-refractivity contribution in [3.63, 3.8) is 0 Å². The maximum absolute atomic E-state index is 14.4. The van der Waals surface area contributed by atoms with E-state index in [9.17, 15) is 17.6 Å². The molecule has 0 bridgehead atoms. The number of nitrogens with one attached hydrogen (secondary N) is 1. The minimum atomic E-state index is -3.93. The Morgan fingerprint density at radius 3 is 2.30 bits per heavy atom. The molecule has 5 nitrogen and oxygen atoms in total. The number of hydrogen-bond acceptors (Lipinski definition) is 3. The SMILES string of the molecule is Cc1ccc(NC(=O)c2ccc(-c3ccccc3)cc2F)cc1S(N)(=O)=O. The third-order valence-corrected chi connectivity index (χ3v) is 5.13. The highest BCUT2D eigenvalue weighted by molar-refractivity contribution is 7.89. The minimum absolute atomic E-state index is 0.0970. The Morgan fingerprint density at radius 2 is 1.67 bits per heavy atom. The van der Waals surface area contributed by atoms with Gasteiger partial charge in [0, 0.05) is 5.69 Å². The highest BCUT2D eigenvalue weighted by atomic mass is 32.2. The Hall–Kier alpha value is -3.03. The lowest BCUT2D eigenvalue weighted by Crippen LogP contribution is -2.16. The van der Waals surface area contributed by atoms with E-state index in [1.807, 2.05) is 30.3 Å². The predicted molar refractivity (Wildman–Crippen MR) is 102 cm³/mol. The zero-order chi connectivity index (χ0) is 19.6. The van der Waals surface area contributed by atoms with E-state index in [0.29, 0.717) is 11.1 Å². The van der Waals surface area contributed by atoms with Crippen molar-refractivity contribution >= 4 is 21.6 Å². The molecule has 7 heteroatoms. The number of anilines is 1. The second kappa shape index (κ2) is 7.30. The monoisotopic (exact) mass is 384 g/mol. The standard InChI is InChI=1S/C20H17FN2O3S/c1-13-7-9-16(12-19(13)27(22,25)26)23-20(24)17-10-8-15(11-18(17)21)14-5-3-2-4-6-14/h2-12H,1H3,(H,23,24)(H2,22,25,26). The second-order valence-corrected chi connectivity index (χ2v) is 7.57. The van der Waals surface area contributed by atoms with Gasteiger partial charge in [-0.25, -0.2) is 17.9 Å². The van der Waals surface area contributed by atoms with Crippen molar-refractivity contribution in [3.8, 4) is 11.1 Å². The van der Waals surface area contributed by atoms with Crippen molar-refractivity contribution < 1.29 is 17.6 Å². The normalized spacial score (nSPS) is 11.2. The number of halogens is 1. The molecule has 0 atom stereocenters. The molecule has 0 aromatic heterocycles. The van der Waals surface area contributed by atoms with Gasteiger partial charge in [0.1, 0.15) is 5.82 Å². The van der Waals surface area contributed by atoms with Crippen molar-refractivity contribution in [2.24, 2.45) is 5.14 Å². The quantitative estimate of drug-likeness (QED) is 0.719. The number of sulfonamides is 1. The van der Waals surface area contributed by atoms with E-state index < -0.39 is 21.7 Å². The van der Waals surface area contributed by atoms with E-state index in [1.165, 1.54) is 30.3 Å². The van der Waals surface area contributed by atoms with Gasteiger partial charge >= 0.3 is 0 Å². The zero-order valence-electron chi connectivity index (χ0n) is 14.4. The molecule has 3 aromatic carbocycles. The molecule has 3 N–H and O–H groups in total. The number of nitrogens with two attached hydrogens (primary N) is 1. The summed E-state index contributed by atoms with van der Waals surface area (Å²) in [5.41, 5.74) is 2.00. The van der Waals surface area contributed by atoms with Crippen molar-refractivity contribution in [2.45, 2.75) is 11.8 Å². The van der Waals surface area contributed by atoms with Gasteiger partial charge in [0.05, 0.1) is 10.5 Å². The summed E-state index contributed by atoms with van der Waals surface area (Å²) in [6.45, 7) is 1.59. The largest absolute Gasteiger partial charge is 0.322 e. The molecule has 0 unspecified atom stereocenters. The highest BCUT2D eigenvalue weighted by Crippen LogP contribution is 2.23. The summed E-state index contributed by atoms with van der Waals surface area (Å²) in [5, 5.41) is 7.66. The number of rotatable bonds is 4. The van der Waals surface area contributed by atoms with Crippen LogP contribution < -0.4 is 10.5 Å². The average Bonchev–Trinajstić information content (AvgIpc) is 2.63. The lowest BCUT2D eigenvalue weighted by atomic mass is 10.0. The summed E-state index contributed by atoms with van der Waals surface area (Å²) < 4.78 is 37.6. The molecule has 0 saturated carbocycles. The Kier molecular flexibility index (Phi) is 5.07. The number of hydrogen-bond donors (Lipinski definition) is 2. The minimum Gasteiger partial charge on any atom is -0.322 e. The van der Waals surface area contributed by atoms with E-state index in [4.69, 9.17) is 5.14 Å². The first-order valence-corrected chi connectivity index (χ1v) is 9.60. The lowest BCUT2D eigenvalue weighted by molar-refractivity contribution is 0.102. The van der Waals surface area contributed by atoms with Crippen LogP contribution in [0.3, 0.4) is 0 Å². The van der Waals surface area contributed by atoms with Crippen molar-refractivity contribution in [2.75, 3.05) is 5.32 Å². The summed E-state index contributed by atoms with van der Waals surface area (Å²) >= 11 is 0. The molecule has 0 heterocycles. The van der Waals surface area contributed by atoms with Crippen LogP contribution in [0.1, 0.15) is 15.9 Å². The highest BCUT2D eigenvalue weighted by Gasteiger charge is 2.16. The van der Waals surface area contributed by atoms with E-state index in [1.54, 1.807) is 13.0 Å². The topological polar surface area (TPSA) is 89.3 Å². The zero-order valence-corrected chi connectivity index (χ0v) is 15.3. The number of carbonyl (C=O) groups excluding carboxylic acids is 1. The van der Waals surface area contributed by atoms with Crippen LogP contribution in [0, 0.1) is 12.7 Å². The first kappa shape index (κ1) is 18.8. The summed E-state index contributed by atoms with van der Waals surface area (Å²) in [6.07, 6.45) is 0. The van der Waals surface area contributed by atoms with Crippen LogP contribution in [0.25, 0.3) is 11.1 Å². The number of carbonyl (C=O) groups is 1. The summed E-state index contributed by atoms with van der Waals surface area (Å²) in [7, 11) is -3.93. The van der Waals surface area contributed by atoms with Gasteiger partial charge in [-0.2, -0.15) is 0 Å². The van der Waals surface area contributed by atoms with Crippen LogP contribution in [0.15, 0.2) is 71.6 Å². The Balaban J connectivity index is 1.87. The van der Waals surface area contributed by atoms with Gasteiger partial charge < -0.3 is 5.32 Å². The lowest BCUT2D eigenvalue weighted by Gasteiger charge is -2.10. The third kappa shape index (κ3) is 4.21. The first-order chi connectivity index (χ1) is 12.8. The summed E-state index contributed by atoms with van der Waals surface area (Å²) in [5.74, 6) is -1.36. The van der Waals surface area contributed by atoms with Crippen LogP contribution >= 0.6 is 0 Å². The molecule has 0 saturated heterocycles. The Morgan fingerprint density at radius 1 is 0.963 bits per heavy atom. The maximum Gasteiger partial charge on any atom is 0.258 e. The molecule has 0 aliphatic heterocycles. The molecule has 0 aliphatic carbocycles. The Bertz CT molecular complexity index is 1110. The molecule has 0 aliphatic rings. The molecular weight excluding hydrogens is 367 g/mol. The van der Waals surface area contributed by atoms with Crippen molar-refractivity contribution in [1.29, 1.82) is 0 Å². The number of primary sulfonamides is 1. The van der Waals surface area contributed by atoms with Gasteiger partial charge in [0.2, 0.25) is 10.0 Å². The molecule has 0 spiro atoms. The molecule has 0 fully saturated rings. The molecule has 0 radical (unpaired) electrons. The van der Waals surface area contributed by atoms with Crippen molar-refractivity contribution in [3.05, 3.63) is 83.7 Å². The predicted octanol–water partition coefficient (Wildman–Crippen LogP) is 3.70. The Labute approximate surface area is 156 Å². The van der Waals surface area contributed by atoms with Gasteiger partial charge in [-0.15, -0.1) is 0 Å². The average molecular weight is 384 g/mol. The number of aryl methyl sites for hydroxylation is 1. The van der Waals surface area contributed by atoms with Gasteiger partial charge in [-0.3, -0.25) is 4.79 Å². The molecule has 138 valence electrons. The van der Waals surface area contributed by atoms with Crippen LogP contribution in [0.2, 0.25) is 0 Å². The molecule has 3 aromatic rings. The van der Waals surface area contributed by atoms with Gasteiger partial charge in [0.15, 0.2) is 0 Å². The fourth-order valence-electron chi connectivity index (χ4n) is 2.69. The van der Waals surface area contributed by atoms with E-state index >= 15 is 0 Å². The summed E-state index contributed by atoms with van der Waals surface area (Å²) in [4.78, 5) is 12.3. The molecule has 27 heavy (non-hydrogen) atoms. The fourth-order valence-corrected chi connectivity index (χ4v) is 3.50. The molecule has 1 amide bonds. The first-order valence-electron chi connectivity index (χ1n) is 8.05. The smallest absolute Gasteiger partial charge is 0.258 e. The summed E-state index contributed by atoms with van der Waals surface area (Å²) in [6, 6.07) is 17.9.